The first-order valence-electron chi connectivity index (χ1n) is 7.58. The van der Waals surface area contributed by atoms with Crippen LogP contribution in [0.15, 0.2) is 29.4 Å². The third-order valence-electron chi connectivity index (χ3n) is 3.58. The molecule has 2 rings (SSSR count). The second-order valence-corrected chi connectivity index (χ2v) is 5.08. The van der Waals surface area contributed by atoms with Gasteiger partial charge in [0.1, 0.15) is 12.4 Å². The van der Waals surface area contributed by atoms with Crippen molar-refractivity contribution < 1.29 is 9.53 Å². The number of aromatic nitrogens is 1. The summed E-state index contributed by atoms with van der Waals surface area (Å²) in [5.41, 5.74) is 2.53. The molecule has 0 saturated heterocycles. The standard InChI is InChI=1S/C16H23N5O2/c1-5-12-6-7-13-16(19-12)21(8-9-23-4)11(2)15(20-13)18-10-14(22)17-3/h6-7H,2,5,8-10H2,1,3-4H3,(H,17,22)(H,18,20). The van der Waals surface area contributed by atoms with Crippen molar-refractivity contribution in [2.75, 3.05) is 44.1 Å². The Morgan fingerprint density at radius 3 is 2.96 bits per heavy atom. The molecule has 124 valence electrons. The molecule has 23 heavy (non-hydrogen) atoms. The van der Waals surface area contributed by atoms with Crippen molar-refractivity contribution >= 4 is 23.2 Å². The van der Waals surface area contributed by atoms with Gasteiger partial charge in [-0.25, -0.2) is 4.98 Å². The fourth-order valence-corrected chi connectivity index (χ4v) is 2.23. The highest BCUT2D eigenvalue weighted by molar-refractivity contribution is 6.14. The predicted octanol–water partition coefficient (Wildman–Crippen LogP) is 1.18. The summed E-state index contributed by atoms with van der Waals surface area (Å²) in [6.45, 7) is 7.36. The van der Waals surface area contributed by atoms with Crippen LogP contribution >= 0.6 is 0 Å². The molecular weight excluding hydrogens is 294 g/mol. The Morgan fingerprint density at radius 1 is 1.52 bits per heavy atom. The van der Waals surface area contributed by atoms with Crippen LogP contribution < -0.4 is 15.5 Å². The number of amidine groups is 1. The van der Waals surface area contributed by atoms with E-state index in [0.717, 1.165) is 23.6 Å². The zero-order valence-electron chi connectivity index (χ0n) is 13.8. The smallest absolute Gasteiger partial charge is 0.241 e. The third-order valence-corrected chi connectivity index (χ3v) is 3.58. The van der Waals surface area contributed by atoms with Gasteiger partial charge in [0.05, 0.1) is 18.0 Å². The molecule has 1 aliphatic rings. The molecule has 1 aliphatic heterocycles. The summed E-state index contributed by atoms with van der Waals surface area (Å²) in [4.78, 5) is 22.4. The second-order valence-electron chi connectivity index (χ2n) is 5.08. The molecule has 1 aromatic heterocycles. The molecule has 0 aliphatic carbocycles. The van der Waals surface area contributed by atoms with Gasteiger partial charge >= 0.3 is 0 Å². The molecule has 2 N–H and O–H groups in total. The quantitative estimate of drug-likeness (QED) is 0.824. The third kappa shape index (κ3) is 3.87. The Morgan fingerprint density at radius 2 is 2.30 bits per heavy atom. The molecular formula is C16H23N5O2. The molecule has 0 unspecified atom stereocenters. The summed E-state index contributed by atoms with van der Waals surface area (Å²) in [5.74, 6) is 1.23. The van der Waals surface area contributed by atoms with E-state index in [1.807, 2.05) is 17.0 Å². The second kappa shape index (κ2) is 7.73. The number of nitrogens with one attached hydrogen (secondary N) is 2. The number of fused-ring (bicyclic) bond motifs is 1. The van der Waals surface area contributed by atoms with Crippen molar-refractivity contribution in [2.24, 2.45) is 4.99 Å². The van der Waals surface area contributed by atoms with Crippen LogP contribution in [0.4, 0.5) is 11.5 Å². The van der Waals surface area contributed by atoms with E-state index in [1.54, 1.807) is 14.2 Å². The highest BCUT2D eigenvalue weighted by Gasteiger charge is 2.26. The van der Waals surface area contributed by atoms with E-state index in [-0.39, 0.29) is 12.5 Å². The number of aliphatic imine (C=N–C) groups is 1. The number of hydrogen-bond donors (Lipinski definition) is 2. The first-order chi connectivity index (χ1) is 11.1. The number of rotatable bonds is 6. The summed E-state index contributed by atoms with van der Waals surface area (Å²) in [5, 5.41) is 5.76. The number of pyridine rings is 1. The summed E-state index contributed by atoms with van der Waals surface area (Å²) >= 11 is 0. The highest BCUT2D eigenvalue weighted by atomic mass is 16.5. The summed E-state index contributed by atoms with van der Waals surface area (Å²) in [6.07, 6.45) is 0.857. The summed E-state index contributed by atoms with van der Waals surface area (Å²) in [7, 11) is 3.24. The minimum Gasteiger partial charge on any atom is -0.383 e. The number of nitrogens with zero attached hydrogens (tertiary/aromatic N) is 3. The Kier molecular flexibility index (Phi) is 5.70. The van der Waals surface area contributed by atoms with Crippen LogP contribution in [0.2, 0.25) is 0 Å². The lowest BCUT2D eigenvalue weighted by molar-refractivity contribution is -0.119. The van der Waals surface area contributed by atoms with Gasteiger partial charge in [-0.2, -0.15) is 0 Å². The van der Waals surface area contributed by atoms with Crippen molar-refractivity contribution in [3.63, 3.8) is 0 Å². The van der Waals surface area contributed by atoms with Crippen LogP contribution in [0.3, 0.4) is 0 Å². The van der Waals surface area contributed by atoms with Gasteiger partial charge in [-0.1, -0.05) is 13.5 Å². The fourth-order valence-electron chi connectivity index (χ4n) is 2.23. The first-order valence-corrected chi connectivity index (χ1v) is 7.58. The van der Waals surface area contributed by atoms with Crippen molar-refractivity contribution in [3.8, 4) is 0 Å². The SMILES string of the molecule is C=C1C(=NCC(=O)NC)Nc2ccc(CC)nc2N1CCOC. The van der Waals surface area contributed by atoms with Crippen LogP contribution in [0.25, 0.3) is 0 Å². The van der Waals surface area contributed by atoms with Gasteiger partial charge in [-0.3, -0.25) is 9.79 Å². The number of aryl methyl sites for hydroxylation is 1. The van der Waals surface area contributed by atoms with Crippen LogP contribution in [0, 0.1) is 0 Å². The van der Waals surface area contributed by atoms with Crippen LogP contribution in [-0.2, 0) is 16.0 Å². The zero-order valence-corrected chi connectivity index (χ0v) is 13.8. The number of hydrogen-bond acceptors (Lipinski definition) is 5. The Labute approximate surface area is 136 Å². The number of methoxy groups -OCH3 is 1. The molecule has 7 nitrogen and oxygen atoms in total. The Hall–Kier alpha value is -2.41. The molecule has 0 saturated carbocycles. The Bertz CT molecular complexity index is 627. The molecule has 0 atom stereocenters. The normalized spacial score (nSPS) is 15.3. The van der Waals surface area contributed by atoms with Crippen molar-refractivity contribution in [1.82, 2.24) is 10.3 Å². The number of ether oxygens (including phenoxy) is 1. The van der Waals surface area contributed by atoms with E-state index in [4.69, 9.17) is 4.74 Å². The number of carbonyl (C=O) groups excluding carboxylic acids is 1. The lowest BCUT2D eigenvalue weighted by atomic mass is 10.2. The van der Waals surface area contributed by atoms with E-state index in [0.29, 0.717) is 24.7 Å². The average Bonchev–Trinajstić information content (AvgIpc) is 2.58. The lowest BCUT2D eigenvalue weighted by Gasteiger charge is -2.33. The van der Waals surface area contributed by atoms with E-state index in [9.17, 15) is 4.79 Å². The maximum atomic E-state index is 11.4. The minimum atomic E-state index is -0.152. The molecule has 7 heteroatoms. The predicted molar refractivity (Wildman–Crippen MR) is 92.0 cm³/mol. The highest BCUT2D eigenvalue weighted by Crippen LogP contribution is 2.31. The van der Waals surface area contributed by atoms with Crippen LogP contribution in [0.1, 0.15) is 12.6 Å². The average molecular weight is 317 g/mol. The van der Waals surface area contributed by atoms with Crippen LogP contribution in [0.5, 0.6) is 0 Å². The van der Waals surface area contributed by atoms with Gasteiger partial charge in [0.25, 0.3) is 0 Å². The maximum absolute atomic E-state index is 11.4. The molecule has 1 aromatic rings. The maximum Gasteiger partial charge on any atom is 0.241 e. The van der Waals surface area contributed by atoms with Crippen molar-refractivity contribution in [1.29, 1.82) is 0 Å². The Balaban J connectivity index is 2.34. The van der Waals surface area contributed by atoms with Gasteiger partial charge in [-0.05, 0) is 18.6 Å². The molecule has 0 radical (unpaired) electrons. The first kappa shape index (κ1) is 17.0. The lowest BCUT2D eigenvalue weighted by Crippen LogP contribution is -2.39. The molecule has 0 spiro atoms. The van der Waals surface area contributed by atoms with Gasteiger partial charge in [0.15, 0.2) is 5.82 Å². The topological polar surface area (TPSA) is 78.8 Å². The minimum absolute atomic E-state index is 0.0474. The molecule has 2 heterocycles. The van der Waals surface area contributed by atoms with Crippen molar-refractivity contribution in [2.45, 2.75) is 13.3 Å². The van der Waals surface area contributed by atoms with Gasteiger partial charge in [-0.15, -0.1) is 0 Å². The fraction of sp³-hybridized carbons (Fsp3) is 0.438. The van der Waals surface area contributed by atoms with Crippen molar-refractivity contribution in [3.05, 3.63) is 30.1 Å². The number of anilines is 2. The van der Waals surface area contributed by atoms with E-state index in [1.165, 1.54) is 0 Å². The van der Waals surface area contributed by atoms with Crippen LogP contribution in [-0.4, -0.2) is 50.6 Å². The number of amides is 1. The largest absolute Gasteiger partial charge is 0.383 e. The monoisotopic (exact) mass is 317 g/mol. The van der Waals surface area contributed by atoms with E-state index in [2.05, 4.69) is 34.1 Å². The molecule has 0 bridgehead atoms. The van der Waals surface area contributed by atoms with Gasteiger partial charge in [0, 0.05) is 26.4 Å². The summed E-state index contributed by atoms with van der Waals surface area (Å²) in [6, 6.07) is 3.95. The number of carbonyl (C=O) groups is 1. The van der Waals surface area contributed by atoms with E-state index >= 15 is 0 Å². The molecule has 1 amide bonds. The molecule has 0 fully saturated rings. The summed E-state index contributed by atoms with van der Waals surface area (Å²) < 4.78 is 5.18. The van der Waals surface area contributed by atoms with Gasteiger partial charge < -0.3 is 20.3 Å². The van der Waals surface area contributed by atoms with Gasteiger partial charge in [0.2, 0.25) is 5.91 Å². The molecule has 0 aromatic carbocycles. The zero-order chi connectivity index (χ0) is 16.8. The van der Waals surface area contributed by atoms with E-state index < -0.39 is 0 Å². The number of likely N-dealkylation sites (N-methyl/N-ethyl adjacent to an activating group) is 1.